The molecule has 3 nitrogen and oxygen atoms in total. The van der Waals surface area contributed by atoms with Crippen molar-refractivity contribution in [2.45, 2.75) is 19.4 Å². The molecule has 0 aliphatic carbocycles. The third kappa shape index (κ3) is 3.21. The van der Waals surface area contributed by atoms with Gasteiger partial charge in [-0.1, -0.05) is 29.8 Å². The lowest BCUT2D eigenvalue weighted by Crippen LogP contribution is -2.20. The molecular formula is C18H21ClN2O. The smallest absolute Gasteiger partial charge is 0.143 e. The van der Waals surface area contributed by atoms with Crippen LogP contribution in [0.1, 0.15) is 18.4 Å². The van der Waals surface area contributed by atoms with E-state index in [4.69, 9.17) is 16.3 Å². The maximum absolute atomic E-state index is 6.23. The highest BCUT2D eigenvalue weighted by Crippen LogP contribution is 2.40. The van der Waals surface area contributed by atoms with Crippen molar-refractivity contribution in [1.82, 2.24) is 5.32 Å². The van der Waals surface area contributed by atoms with E-state index >= 15 is 0 Å². The van der Waals surface area contributed by atoms with Crippen LogP contribution in [-0.2, 0) is 6.61 Å². The normalized spacial score (nSPS) is 13.1. The van der Waals surface area contributed by atoms with Crippen LogP contribution in [0, 0.1) is 0 Å². The summed E-state index contributed by atoms with van der Waals surface area (Å²) in [6.45, 7) is 2.57. The summed E-state index contributed by atoms with van der Waals surface area (Å²) < 4.78 is 5.98. The van der Waals surface area contributed by atoms with Crippen molar-refractivity contribution in [3.05, 3.63) is 53.1 Å². The predicted molar refractivity (Wildman–Crippen MR) is 92.4 cm³/mol. The molecule has 4 heteroatoms. The molecule has 2 aromatic carbocycles. The van der Waals surface area contributed by atoms with E-state index in [1.54, 1.807) is 0 Å². The Balaban J connectivity index is 1.95. The van der Waals surface area contributed by atoms with E-state index in [0.29, 0.717) is 6.61 Å². The molecule has 0 bridgehead atoms. The number of fused-ring (bicyclic) bond motifs is 2. The molecule has 0 atom stereocenters. The minimum absolute atomic E-state index is 0.580. The fourth-order valence-electron chi connectivity index (χ4n) is 2.81. The van der Waals surface area contributed by atoms with Gasteiger partial charge < -0.3 is 15.0 Å². The molecule has 22 heavy (non-hydrogen) atoms. The molecule has 1 heterocycles. The first-order valence-electron chi connectivity index (χ1n) is 7.72. The van der Waals surface area contributed by atoms with Crippen molar-refractivity contribution in [1.29, 1.82) is 0 Å². The average molecular weight is 317 g/mol. The lowest BCUT2D eigenvalue weighted by atomic mass is 10.1. The second kappa shape index (κ2) is 7.03. The third-order valence-corrected chi connectivity index (χ3v) is 4.17. The largest absolute Gasteiger partial charge is 0.487 e. The van der Waals surface area contributed by atoms with E-state index in [9.17, 15) is 0 Å². The van der Waals surface area contributed by atoms with E-state index in [0.717, 1.165) is 48.1 Å². The lowest BCUT2D eigenvalue weighted by molar-refractivity contribution is 0.310. The molecule has 0 aromatic heterocycles. The quantitative estimate of drug-likeness (QED) is 0.829. The molecule has 1 aliphatic heterocycles. The zero-order chi connectivity index (χ0) is 15.4. The standard InChI is InChI=1S/C18H21ClN2O/c1-20-10-4-5-11-21-16-6-2-3-7-18(16)22-13-14-8-9-15(19)12-17(14)21/h2-3,6-9,12,20H,4-5,10-11,13H2,1H3. The maximum atomic E-state index is 6.23. The van der Waals surface area contributed by atoms with E-state index in [2.05, 4.69) is 28.4 Å². The van der Waals surface area contributed by atoms with Crippen molar-refractivity contribution in [2.24, 2.45) is 0 Å². The fourth-order valence-corrected chi connectivity index (χ4v) is 2.98. The van der Waals surface area contributed by atoms with Gasteiger partial charge in [0.25, 0.3) is 0 Å². The van der Waals surface area contributed by atoms with Gasteiger partial charge in [-0.2, -0.15) is 0 Å². The summed E-state index contributed by atoms with van der Waals surface area (Å²) in [5.74, 6) is 0.934. The number of nitrogens with zero attached hydrogens (tertiary/aromatic N) is 1. The number of ether oxygens (including phenoxy) is 1. The molecule has 0 radical (unpaired) electrons. The molecule has 3 rings (SSSR count). The summed E-state index contributed by atoms with van der Waals surface area (Å²) in [6.07, 6.45) is 2.26. The number of para-hydroxylation sites is 2. The first-order valence-corrected chi connectivity index (χ1v) is 8.10. The van der Waals surface area contributed by atoms with Gasteiger partial charge in [0.2, 0.25) is 0 Å². The Hall–Kier alpha value is -1.71. The molecule has 0 amide bonds. The molecule has 116 valence electrons. The molecular weight excluding hydrogens is 296 g/mol. The number of benzene rings is 2. The summed E-state index contributed by atoms with van der Waals surface area (Å²) in [4.78, 5) is 2.33. The van der Waals surface area contributed by atoms with Gasteiger partial charge in [-0.05, 0) is 50.7 Å². The van der Waals surface area contributed by atoms with Crippen LogP contribution >= 0.6 is 11.6 Å². The zero-order valence-corrected chi connectivity index (χ0v) is 13.6. The van der Waals surface area contributed by atoms with Crippen molar-refractivity contribution < 1.29 is 4.74 Å². The van der Waals surface area contributed by atoms with Crippen LogP contribution in [0.3, 0.4) is 0 Å². The SMILES string of the molecule is CNCCCCN1c2cc(Cl)ccc2COc2ccccc21. The summed E-state index contributed by atoms with van der Waals surface area (Å²) in [5, 5.41) is 3.96. The second-order valence-corrected chi connectivity index (χ2v) is 5.93. The highest BCUT2D eigenvalue weighted by molar-refractivity contribution is 6.30. The van der Waals surface area contributed by atoms with Gasteiger partial charge in [0, 0.05) is 22.8 Å². The van der Waals surface area contributed by atoms with Gasteiger partial charge >= 0.3 is 0 Å². The van der Waals surface area contributed by atoms with Crippen LogP contribution in [-0.4, -0.2) is 20.1 Å². The Bertz CT molecular complexity index is 645. The average Bonchev–Trinajstić information content (AvgIpc) is 2.69. The van der Waals surface area contributed by atoms with E-state index in [-0.39, 0.29) is 0 Å². The molecule has 0 saturated heterocycles. The number of unbranched alkanes of at least 4 members (excludes halogenated alkanes) is 1. The van der Waals surface area contributed by atoms with E-state index in [1.807, 2.05) is 31.3 Å². The van der Waals surface area contributed by atoms with Crippen LogP contribution in [0.2, 0.25) is 5.02 Å². The Morgan fingerprint density at radius 1 is 1.14 bits per heavy atom. The molecule has 0 spiro atoms. The summed E-state index contributed by atoms with van der Waals surface area (Å²) >= 11 is 6.23. The number of anilines is 2. The van der Waals surface area contributed by atoms with Crippen LogP contribution in [0.4, 0.5) is 11.4 Å². The Morgan fingerprint density at radius 3 is 2.86 bits per heavy atom. The highest BCUT2D eigenvalue weighted by Gasteiger charge is 2.21. The van der Waals surface area contributed by atoms with Crippen molar-refractivity contribution in [3.63, 3.8) is 0 Å². The number of hydrogen-bond acceptors (Lipinski definition) is 3. The van der Waals surface area contributed by atoms with Gasteiger partial charge in [-0.3, -0.25) is 0 Å². The van der Waals surface area contributed by atoms with Crippen LogP contribution in [0.5, 0.6) is 5.75 Å². The Labute approximate surface area is 136 Å². The highest BCUT2D eigenvalue weighted by atomic mass is 35.5. The van der Waals surface area contributed by atoms with E-state index < -0.39 is 0 Å². The van der Waals surface area contributed by atoms with Crippen LogP contribution in [0.25, 0.3) is 0 Å². The van der Waals surface area contributed by atoms with Crippen LogP contribution in [0.15, 0.2) is 42.5 Å². The molecule has 1 N–H and O–H groups in total. The number of rotatable bonds is 5. The first kappa shape index (κ1) is 15.2. The molecule has 1 aliphatic rings. The molecule has 2 aromatic rings. The van der Waals surface area contributed by atoms with E-state index in [1.165, 1.54) is 5.56 Å². The Morgan fingerprint density at radius 2 is 2.00 bits per heavy atom. The third-order valence-electron chi connectivity index (χ3n) is 3.94. The molecule has 0 fully saturated rings. The van der Waals surface area contributed by atoms with Gasteiger partial charge in [0.05, 0.1) is 5.69 Å². The second-order valence-electron chi connectivity index (χ2n) is 5.49. The minimum Gasteiger partial charge on any atom is -0.487 e. The maximum Gasteiger partial charge on any atom is 0.143 e. The predicted octanol–water partition coefficient (Wildman–Crippen LogP) is 4.37. The zero-order valence-electron chi connectivity index (χ0n) is 12.8. The number of nitrogens with one attached hydrogen (secondary N) is 1. The minimum atomic E-state index is 0.580. The van der Waals surface area contributed by atoms with Gasteiger partial charge in [0.1, 0.15) is 12.4 Å². The number of halogens is 1. The first-order chi connectivity index (χ1) is 10.8. The number of hydrogen-bond donors (Lipinski definition) is 1. The van der Waals surface area contributed by atoms with Gasteiger partial charge in [-0.15, -0.1) is 0 Å². The Kier molecular flexibility index (Phi) is 4.86. The fraction of sp³-hybridized carbons (Fsp3) is 0.333. The summed E-state index contributed by atoms with van der Waals surface area (Å²) in [7, 11) is 1.99. The summed E-state index contributed by atoms with van der Waals surface area (Å²) in [5.41, 5.74) is 3.45. The monoisotopic (exact) mass is 316 g/mol. The lowest BCUT2D eigenvalue weighted by Gasteiger charge is -2.26. The summed E-state index contributed by atoms with van der Waals surface area (Å²) in [6, 6.07) is 14.2. The van der Waals surface area contributed by atoms with Crippen molar-refractivity contribution in [3.8, 4) is 5.75 Å². The van der Waals surface area contributed by atoms with Crippen LogP contribution < -0.4 is 15.0 Å². The van der Waals surface area contributed by atoms with Crippen molar-refractivity contribution in [2.75, 3.05) is 25.0 Å². The topological polar surface area (TPSA) is 24.5 Å². The van der Waals surface area contributed by atoms with Gasteiger partial charge in [0.15, 0.2) is 0 Å². The van der Waals surface area contributed by atoms with Crippen molar-refractivity contribution >= 4 is 23.0 Å². The van der Waals surface area contributed by atoms with Gasteiger partial charge in [-0.25, -0.2) is 0 Å². The molecule has 0 saturated carbocycles. The molecule has 0 unspecified atom stereocenters.